The summed E-state index contributed by atoms with van der Waals surface area (Å²) >= 11 is 0. The van der Waals surface area contributed by atoms with Gasteiger partial charge in [-0.25, -0.2) is 8.42 Å². The van der Waals surface area contributed by atoms with E-state index in [2.05, 4.69) is 27.8 Å². The number of methoxy groups -OCH3 is 1. The lowest BCUT2D eigenvalue weighted by atomic mass is 9.98. The maximum Gasteiger partial charge on any atom is 0.243 e. The maximum atomic E-state index is 12.8. The average Bonchev–Trinajstić information content (AvgIpc) is 2.82. The van der Waals surface area contributed by atoms with Gasteiger partial charge < -0.3 is 15.4 Å². The monoisotopic (exact) mass is 444 g/mol. The summed E-state index contributed by atoms with van der Waals surface area (Å²) in [6.07, 6.45) is 2.56. The molecule has 0 aliphatic carbocycles. The van der Waals surface area contributed by atoms with E-state index in [1.54, 1.807) is 42.7 Å². The molecule has 0 amide bonds. The molecule has 0 radical (unpaired) electrons. The summed E-state index contributed by atoms with van der Waals surface area (Å²) in [5.41, 5.74) is 1.23. The number of nitrogens with zero attached hydrogens (tertiary/aromatic N) is 2. The molecule has 1 fully saturated rings. The zero-order chi connectivity index (χ0) is 22.1. The van der Waals surface area contributed by atoms with E-state index in [0.717, 1.165) is 44.1 Å². The zero-order valence-corrected chi connectivity index (χ0v) is 19.1. The zero-order valence-electron chi connectivity index (χ0n) is 18.3. The number of rotatable bonds is 8. The van der Waals surface area contributed by atoms with Gasteiger partial charge in [-0.05, 0) is 55.0 Å². The molecule has 1 heterocycles. The fourth-order valence-electron chi connectivity index (χ4n) is 3.67. The van der Waals surface area contributed by atoms with E-state index in [1.165, 1.54) is 5.56 Å². The number of hydrogen-bond donors (Lipinski definition) is 2. The molecule has 2 aromatic rings. The lowest BCUT2D eigenvalue weighted by Gasteiger charge is -2.31. The minimum Gasteiger partial charge on any atom is -0.497 e. The van der Waals surface area contributed by atoms with Gasteiger partial charge in [0.25, 0.3) is 0 Å². The molecule has 0 spiro atoms. The number of benzene rings is 2. The highest BCUT2D eigenvalue weighted by molar-refractivity contribution is 7.89. The quantitative estimate of drug-likeness (QED) is 0.483. The van der Waals surface area contributed by atoms with Crippen molar-refractivity contribution in [3.8, 4) is 5.75 Å². The Kier molecular flexibility index (Phi) is 8.31. The van der Waals surface area contributed by atoms with E-state index in [0.29, 0.717) is 23.9 Å². The molecule has 0 unspecified atom stereocenters. The minimum atomic E-state index is -3.40. The van der Waals surface area contributed by atoms with E-state index in [1.807, 2.05) is 18.2 Å². The Hall–Kier alpha value is -2.58. The van der Waals surface area contributed by atoms with Gasteiger partial charge >= 0.3 is 0 Å². The van der Waals surface area contributed by atoms with Gasteiger partial charge in [0.15, 0.2) is 5.96 Å². The molecule has 0 saturated carbocycles. The Morgan fingerprint density at radius 3 is 2.35 bits per heavy atom. The first kappa shape index (κ1) is 23.1. The first-order valence-electron chi connectivity index (χ1n) is 10.7. The van der Waals surface area contributed by atoms with Gasteiger partial charge in [0, 0.05) is 33.2 Å². The Morgan fingerprint density at radius 1 is 1.06 bits per heavy atom. The standard InChI is InChI=1S/C23H32N4O3S/c1-24-23(25-15-12-19-8-10-21(30-2)11-9-19)26-18-20-13-16-27(17-14-20)31(28,29)22-6-4-3-5-7-22/h3-11,20H,12-18H2,1-2H3,(H2,24,25,26). The number of aliphatic imine (C=N–C) groups is 1. The average molecular weight is 445 g/mol. The van der Waals surface area contributed by atoms with E-state index in [4.69, 9.17) is 4.74 Å². The van der Waals surface area contributed by atoms with Crippen LogP contribution in [0, 0.1) is 5.92 Å². The second-order valence-corrected chi connectivity index (χ2v) is 9.58. The Labute approximate surface area is 185 Å². The summed E-state index contributed by atoms with van der Waals surface area (Å²) in [5, 5.41) is 6.72. The van der Waals surface area contributed by atoms with Crippen molar-refractivity contribution in [1.29, 1.82) is 0 Å². The van der Waals surface area contributed by atoms with Crippen LogP contribution in [0.1, 0.15) is 18.4 Å². The molecule has 1 aliphatic rings. The van der Waals surface area contributed by atoms with Crippen molar-refractivity contribution < 1.29 is 13.2 Å². The van der Waals surface area contributed by atoms with E-state index in [-0.39, 0.29) is 0 Å². The van der Waals surface area contributed by atoms with Crippen molar-refractivity contribution in [3.05, 3.63) is 60.2 Å². The third-order valence-corrected chi connectivity index (χ3v) is 7.51. The van der Waals surface area contributed by atoms with Crippen molar-refractivity contribution >= 4 is 16.0 Å². The molecule has 31 heavy (non-hydrogen) atoms. The molecule has 7 nitrogen and oxygen atoms in total. The summed E-state index contributed by atoms with van der Waals surface area (Å²) in [7, 11) is 0.0313. The summed E-state index contributed by atoms with van der Waals surface area (Å²) in [6.45, 7) is 2.65. The molecule has 0 bridgehead atoms. The molecule has 8 heteroatoms. The Bertz CT molecular complexity index is 939. The summed E-state index contributed by atoms with van der Waals surface area (Å²) in [5.74, 6) is 2.05. The molecule has 2 N–H and O–H groups in total. The highest BCUT2D eigenvalue weighted by Crippen LogP contribution is 2.23. The number of sulfonamides is 1. The van der Waals surface area contributed by atoms with Crippen LogP contribution in [0.5, 0.6) is 5.75 Å². The van der Waals surface area contributed by atoms with Crippen molar-refractivity contribution in [2.45, 2.75) is 24.2 Å². The van der Waals surface area contributed by atoms with Crippen molar-refractivity contribution in [2.75, 3.05) is 40.3 Å². The van der Waals surface area contributed by atoms with Crippen LogP contribution >= 0.6 is 0 Å². The second kappa shape index (κ2) is 11.2. The minimum absolute atomic E-state index is 0.369. The second-order valence-electron chi connectivity index (χ2n) is 7.64. The fraction of sp³-hybridized carbons (Fsp3) is 0.435. The molecule has 3 rings (SSSR count). The fourth-order valence-corrected chi connectivity index (χ4v) is 5.17. The number of hydrogen-bond acceptors (Lipinski definition) is 4. The lowest BCUT2D eigenvalue weighted by Crippen LogP contribution is -2.44. The number of ether oxygens (including phenoxy) is 1. The van der Waals surface area contributed by atoms with Gasteiger partial charge in [0.1, 0.15) is 5.75 Å². The third kappa shape index (κ3) is 6.45. The molecule has 0 aromatic heterocycles. The predicted octanol–water partition coefficient (Wildman–Crippen LogP) is 2.50. The van der Waals surface area contributed by atoms with Crippen molar-refractivity contribution in [3.63, 3.8) is 0 Å². The van der Waals surface area contributed by atoms with Crippen LogP contribution < -0.4 is 15.4 Å². The summed E-state index contributed by atoms with van der Waals surface area (Å²) in [6, 6.07) is 16.7. The maximum absolute atomic E-state index is 12.8. The van der Waals surface area contributed by atoms with Crippen LogP contribution in [0.2, 0.25) is 0 Å². The van der Waals surface area contributed by atoms with Crippen LogP contribution in [0.3, 0.4) is 0 Å². The van der Waals surface area contributed by atoms with Crippen LogP contribution in [0.15, 0.2) is 64.5 Å². The molecule has 0 atom stereocenters. The third-order valence-electron chi connectivity index (χ3n) is 5.60. The first-order valence-corrected chi connectivity index (χ1v) is 12.1. The Morgan fingerprint density at radius 2 is 1.74 bits per heavy atom. The Balaban J connectivity index is 1.39. The number of piperidine rings is 1. The van der Waals surface area contributed by atoms with E-state index >= 15 is 0 Å². The topological polar surface area (TPSA) is 83.0 Å². The SMILES string of the molecule is CN=C(NCCc1ccc(OC)cc1)NCC1CCN(S(=O)(=O)c2ccccc2)CC1. The van der Waals surface area contributed by atoms with Gasteiger partial charge in [-0.2, -0.15) is 4.31 Å². The lowest BCUT2D eigenvalue weighted by molar-refractivity contribution is 0.273. The van der Waals surface area contributed by atoms with Crippen molar-refractivity contribution in [2.24, 2.45) is 10.9 Å². The van der Waals surface area contributed by atoms with Crippen molar-refractivity contribution in [1.82, 2.24) is 14.9 Å². The molecular formula is C23H32N4O3S. The number of guanidine groups is 1. The van der Waals surface area contributed by atoms with Gasteiger partial charge in [-0.3, -0.25) is 4.99 Å². The van der Waals surface area contributed by atoms with Crippen LogP contribution in [-0.2, 0) is 16.4 Å². The molecule has 1 aliphatic heterocycles. The normalized spacial score (nSPS) is 16.1. The summed E-state index contributed by atoms with van der Waals surface area (Å²) in [4.78, 5) is 4.66. The van der Waals surface area contributed by atoms with E-state index < -0.39 is 10.0 Å². The van der Waals surface area contributed by atoms with Crippen LogP contribution in [-0.4, -0.2) is 59.0 Å². The predicted molar refractivity (Wildman–Crippen MR) is 124 cm³/mol. The van der Waals surface area contributed by atoms with Crippen LogP contribution in [0.4, 0.5) is 0 Å². The van der Waals surface area contributed by atoms with Gasteiger partial charge in [0.2, 0.25) is 10.0 Å². The molecular weight excluding hydrogens is 412 g/mol. The molecule has 2 aromatic carbocycles. The first-order chi connectivity index (χ1) is 15.0. The highest BCUT2D eigenvalue weighted by atomic mass is 32.2. The number of nitrogens with one attached hydrogen (secondary N) is 2. The largest absolute Gasteiger partial charge is 0.497 e. The van der Waals surface area contributed by atoms with Crippen LogP contribution in [0.25, 0.3) is 0 Å². The van der Waals surface area contributed by atoms with E-state index in [9.17, 15) is 8.42 Å². The smallest absolute Gasteiger partial charge is 0.243 e. The molecule has 1 saturated heterocycles. The van der Waals surface area contributed by atoms with Gasteiger partial charge in [0.05, 0.1) is 12.0 Å². The molecule has 168 valence electrons. The summed E-state index contributed by atoms with van der Waals surface area (Å²) < 4.78 is 32.3. The van der Waals surface area contributed by atoms with Gasteiger partial charge in [-0.15, -0.1) is 0 Å². The highest BCUT2D eigenvalue weighted by Gasteiger charge is 2.29. The van der Waals surface area contributed by atoms with Gasteiger partial charge in [-0.1, -0.05) is 30.3 Å².